The lowest BCUT2D eigenvalue weighted by Crippen LogP contribution is -1.78. The van der Waals surface area contributed by atoms with Gasteiger partial charge in [-0.05, 0) is 18.6 Å². The fraction of sp³-hybridized carbons (Fsp3) is 0.222. The summed E-state index contributed by atoms with van der Waals surface area (Å²) in [5.74, 6) is -0.924. The first-order chi connectivity index (χ1) is 5.95. The molecule has 0 aliphatic rings. The molecule has 3 N–H and O–H groups in total. The Bertz CT molecular complexity index is 269. The van der Waals surface area contributed by atoms with Crippen molar-refractivity contribution in [1.82, 2.24) is 0 Å². The molecule has 13 heavy (non-hydrogen) atoms. The molecule has 1 rings (SSSR count). The molecule has 0 saturated heterocycles. The third kappa shape index (κ3) is 4.68. The molecule has 72 valence electrons. The average Bonchev–Trinajstić information content (AvgIpc) is 1.99. The summed E-state index contributed by atoms with van der Waals surface area (Å²) in [4.78, 5) is 9.00. The van der Waals surface area contributed by atoms with E-state index in [2.05, 4.69) is 0 Å². The molecule has 0 radical (unpaired) electrons. The van der Waals surface area contributed by atoms with Crippen molar-refractivity contribution >= 4 is 5.97 Å². The summed E-state index contributed by atoms with van der Waals surface area (Å²) in [5, 5.41) is 25.2. The van der Waals surface area contributed by atoms with Gasteiger partial charge in [0.1, 0.15) is 0 Å². The van der Waals surface area contributed by atoms with Crippen LogP contribution in [-0.4, -0.2) is 21.3 Å². The highest BCUT2D eigenvalue weighted by atomic mass is 16.4. The van der Waals surface area contributed by atoms with Crippen LogP contribution in [0.3, 0.4) is 0 Å². The molecule has 0 saturated carbocycles. The van der Waals surface area contributed by atoms with Gasteiger partial charge in [0.15, 0.2) is 11.5 Å². The van der Waals surface area contributed by atoms with E-state index in [0.29, 0.717) is 5.56 Å². The SMILES string of the molecule is CC(=O)O.Cc1cccc(O)c1O. The predicted octanol–water partition coefficient (Wildman–Crippen LogP) is 1.50. The first kappa shape index (κ1) is 11.3. The molecule has 0 atom stereocenters. The van der Waals surface area contributed by atoms with Crippen molar-refractivity contribution in [2.75, 3.05) is 0 Å². The number of hydrogen-bond donors (Lipinski definition) is 3. The summed E-state index contributed by atoms with van der Waals surface area (Å²) >= 11 is 0. The second kappa shape index (κ2) is 5.03. The number of benzene rings is 1. The molecule has 4 heteroatoms. The molecule has 0 bridgehead atoms. The summed E-state index contributed by atoms with van der Waals surface area (Å²) in [6, 6.07) is 4.86. The quantitative estimate of drug-likeness (QED) is 0.534. The lowest BCUT2D eigenvalue weighted by atomic mass is 10.2. The molecule has 1 aromatic carbocycles. The molecule has 0 amide bonds. The highest BCUT2D eigenvalue weighted by Crippen LogP contribution is 2.26. The number of phenols is 2. The second-order valence-electron chi connectivity index (χ2n) is 2.46. The molecule has 0 aliphatic carbocycles. The Morgan fingerprint density at radius 1 is 1.31 bits per heavy atom. The Hall–Kier alpha value is -1.71. The molecule has 0 heterocycles. The Morgan fingerprint density at radius 3 is 2.08 bits per heavy atom. The standard InChI is InChI=1S/C7H8O2.C2H4O2/c1-5-3-2-4-6(8)7(5)9;1-2(3)4/h2-4,8-9H,1H3;1H3,(H,3,4). The van der Waals surface area contributed by atoms with Crippen LogP contribution in [0.4, 0.5) is 0 Å². The predicted molar refractivity (Wildman–Crippen MR) is 47.8 cm³/mol. The minimum absolute atomic E-state index is 0.0301. The molecular weight excluding hydrogens is 172 g/mol. The van der Waals surface area contributed by atoms with E-state index in [9.17, 15) is 0 Å². The van der Waals surface area contributed by atoms with Gasteiger partial charge in [0.25, 0.3) is 5.97 Å². The monoisotopic (exact) mass is 184 g/mol. The van der Waals surface area contributed by atoms with Crippen LogP contribution >= 0.6 is 0 Å². The van der Waals surface area contributed by atoms with E-state index in [0.717, 1.165) is 6.92 Å². The van der Waals surface area contributed by atoms with Gasteiger partial charge in [0.2, 0.25) is 0 Å². The topological polar surface area (TPSA) is 77.8 Å². The lowest BCUT2D eigenvalue weighted by Gasteiger charge is -1.97. The zero-order chi connectivity index (χ0) is 10.4. The average molecular weight is 184 g/mol. The Morgan fingerprint density at radius 2 is 1.77 bits per heavy atom. The number of carbonyl (C=O) groups is 1. The molecule has 0 aromatic heterocycles. The summed E-state index contributed by atoms with van der Waals surface area (Å²) in [7, 11) is 0. The van der Waals surface area contributed by atoms with Crippen molar-refractivity contribution in [3.05, 3.63) is 23.8 Å². The third-order valence-corrected chi connectivity index (χ3v) is 1.22. The molecule has 0 spiro atoms. The molecule has 0 fully saturated rings. The molecule has 1 aromatic rings. The molecular formula is C9H12O4. The Kier molecular flexibility index (Phi) is 4.37. The van der Waals surface area contributed by atoms with Crippen LogP contribution in [0.2, 0.25) is 0 Å². The van der Waals surface area contributed by atoms with Crippen molar-refractivity contribution in [2.45, 2.75) is 13.8 Å². The Labute approximate surface area is 76.1 Å². The summed E-state index contributed by atoms with van der Waals surface area (Å²) in [6.07, 6.45) is 0. The number of aromatic hydroxyl groups is 2. The lowest BCUT2D eigenvalue weighted by molar-refractivity contribution is -0.134. The minimum atomic E-state index is -0.833. The van der Waals surface area contributed by atoms with Gasteiger partial charge in [-0.25, -0.2) is 0 Å². The van der Waals surface area contributed by atoms with Gasteiger partial charge in [-0.1, -0.05) is 12.1 Å². The molecule has 0 unspecified atom stereocenters. The number of rotatable bonds is 0. The van der Waals surface area contributed by atoms with Gasteiger partial charge < -0.3 is 15.3 Å². The maximum atomic E-state index is 9.00. The number of hydrogen-bond acceptors (Lipinski definition) is 3. The van der Waals surface area contributed by atoms with Crippen LogP contribution in [0, 0.1) is 6.92 Å². The highest BCUT2D eigenvalue weighted by molar-refractivity contribution is 5.62. The normalized spacial score (nSPS) is 8.46. The van der Waals surface area contributed by atoms with Crippen molar-refractivity contribution in [1.29, 1.82) is 0 Å². The van der Waals surface area contributed by atoms with Gasteiger partial charge >= 0.3 is 0 Å². The smallest absolute Gasteiger partial charge is 0.300 e. The Balaban J connectivity index is 0.000000310. The maximum absolute atomic E-state index is 9.00. The van der Waals surface area contributed by atoms with Crippen LogP contribution in [0.25, 0.3) is 0 Å². The number of phenolic OH excluding ortho intramolecular Hbond substituents is 2. The molecule has 4 nitrogen and oxygen atoms in total. The number of carboxylic acids is 1. The first-order valence-electron chi connectivity index (χ1n) is 3.62. The van der Waals surface area contributed by atoms with E-state index in [1.807, 2.05) is 0 Å². The number of para-hydroxylation sites is 1. The van der Waals surface area contributed by atoms with Crippen molar-refractivity contribution in [2.24, 2.45) is 0 Å². The van der Waals surface area contributed by atoms with E-state index in [-0.39, 0.29) is 11.5 Å². The van der Waals surface area contributed by atoms with Gasteiger partial charge in [-0.2, -0.15) is 0 Å². The fourth-order valence-electron chi connectivity index (χ4n) is 0.643. The highest BCUT2D eigenvalue weighted by Gasteiger charge is 1.98. The van der Waals surface area contributed by atoms with Gasteiger partial charge in [0, 0.05) is 6.92 Å². The second-order valence-corrected chi connectivity index (χ2v) is 2.46. The zero-order valence-corrected chi connectivity index (χ0v) is 7.48. The first-order valence-corrected chi connectivity index (χ1v) is 3.62. The zero-order valence-electron chi connectivity index (χ0n) is 7.48. The largest absolute Gasteiger partial charge is 0.504 e. The van der Waals surface area contributed by atoms with Gasteiger partial charge in [-0.3, -0.25) is 4.79 Å². The molecule has 0 aliphatic heterocycles. The number of carboxylic acid groups (broad SMARTS) is 1. The van der Waals surface area contributed by atoms with E-state index < -0.39 is 5.97 Å². The van der Waals surface area contributed by atoms with Crippen LogP contribution < -0.4 is 0 Å². The van der Waals surface area contributed by atoms with Crippen LogP contribution in [0.5, 0.6) is 11.5 Å². The van der Waals surface area contributed by atoms with Crippen LogP contribution in [0.1, 0.15) is 12.5 Å². The summed E-state index contributed by atoms with van der Waals surface area (Å²) in [6.45, 7) is 2.81. The number of aliphatic carboxylic acids is 1. The minimum Gasteiger partial charge on any atom is -0.504 e. The van der Waals surface area contributed by atoms with E-state index >= 15 is 0 Å². The van der Waals surface area contributed by atoms with Crippen molar-refractivity contribution in [3.63, 3.8) is 0 Å². The van der Waals surface area contributed by atoms with Crippen LogP contribution in [0.15, 0.2) is 18.2 Å². The van der Waals surface area contributed by atoms with Crippen LogP contribution in [-0.2, 0) is 4.79 Å². The van der Waals surface area contributed by atoms with Gasteiger partial charge in [0.05, 0.1) is 0 Å². The fourth-order valence-corrected chi connectivity index (χ4v) is 0.643. The van der Waals surface area contributed by atoms with Gasteiger partial charge in [-0.15, -0.1) is 0 Å². The van der Waals surface area contributed by atoms with Crippen molar-refractivity contribution in [3.8, 4) is 11.5 Å². The van der Waals surface area contributed by atoms with E-state index in [1.165, 1.54) is 6.07 Å². The number of aryl methyl sites for hydroxylation is 1. The van der Waals surface area contributed by atoms with Crippen molar-refractivity contribution < 1.29 is 20.1 Å². The summed E-state index contributed by atoms with van der Waals surface area (Å²) in [5.41, 5.74) is 0.690. The maximum Gasteiger partial charge on any atom is 0.300 e. The summed E-state index contributed by atoms with van der Waals surface area (Å²) < 4.78 is 0. The van der Waals surface area contributed by atoms with E-state index in [1.54, 1.807) is 19.1 Å². The third-order valence-electron chi connectivity index (χ3n) is 1.22. The van der Waals surface area contributed by atoms with E-state index in [4.69, 9.17) is 20.1 Å².